The van der Waals surface area contributed by atoms with Crippen molar-refractivity contribution in [3.63, 3.8) is 0 Å². The number of rotatable bonds is 2. The molecule has 0 amide bonds. The van der Waals surface area contributed by atoms with Crippen molar-refractivity contribution in [2.24, 2.45) is 0 Å². The Labute approximate surface area is 159 Å². The SMILES string of the molecule is CC1=CC(C)([Si](C)(C)C2C(C)=Cc3ccc4ccccc4c32)C(C)=C1C. The fraction of sp³-hybridized carbons (Fsp3) is 0.360. The third-order valence-electron chi connectivity index (χ3n) is 7.63. The number of hydrogen-bond donors (Lipinski definition) is 0. The van der Waals surface area contributed by atoms with Gasteiger partial charge in [-0.3, -0.25) is 0 Å². The molecular weight excluding hydrogens is 328 g/mol. The molecular formula is C25H30Si. The summed E-state index contributed by atoms with van der Waals surface area (Å²) >= 11 is 0. The fourth-order valence-corrected chi connectivity index (χ4v) is 10.2. The largest absolute Gasteiger partial charge is 0.0749 e. The average Bonchev–Trinajstić information content (AvgIpc) is 3.05. The average molecular weight is 359 g/mol. The van der Waals surface area contributed by atoms with E-state index in [9.17, 15) is 0 Å². The Balaban J connectivity index is 1.96. The standard InChI is InChI=1S/C25H30Si/c1-16-14-21-13-12-20-10-8-9-11-22(20)23(21)24(16)26(6,7)25(5)15-17(2)18(3)19(25)4/h8-15,24H,1-7H3. The fourth-order valence-electron chi connectivity index (χ4n) is 5.55. The summed E-state index contributed by atoms with van der Waals surface area (Å²) < 4.78 is 0. The van der Waals surface area contributed by atoms with Crippen LogP contribution < -0.4 is 0 Å². The van der Waals surface area contributed by atoms with Crippen molar-refractivity contribution in [2.75, 3.05) is 0 Å². The van der Waals surface area contributed by atoms with Crippen molar-refractivity contribution < 1.29 is 0 Å². The van der Waals surface area contributed by atoms with E-state index in [1.807, 2.05) is 0 Å². The summed E-state index contributed by atoms with van der Waals surface area (Å²) in [5.74, 6) is 0. The summed E-state index contributed by atoms with van der Waals surface area (Å²) in [7, 11) is -1.74. The van der Waals surface area contributed by atoms with Gasteiger partial charge in [0.05, 0.1) is 8.07 Å². The van der Waals surface area contributed by atoms with Crippen LogP contribution in [0.5, 0.6) is 0 Å². The summed E-state index contributed by atoms with van der Waals surface area (Å²) in [5, 5.41) is 3.03. The Morgan fingerprint density at radius 2 is 1.62 bits per heavy atom. The molecule has 0 nitrogen and oxygen atoms in total. The second-order valence-electron chi connectivity index (χ2n) is 9.11. The zero-order valence-electron chi connectivity index (χ0n) is 17.2. The Morgan fingerprint density at radius 3 is 2.27 bits per heavy atom. The topological polar surface area (TPSA) is 0 Å². The van der Waals surface area contributed by atoms with Crippen LogP contribution in [-0.4, -0.2) is 8.07 Å². The molecule has 0 spiro atoms. The van der Waals surface area contributed by atoms with Crippen molar-refractivity contribution >= 4 is 24.9 Å². The molecule has 134 valence electrons. The molecule has 0 saturated heterocycles. The first-order valence-electron chi connectivity index (χ1n) is 9.76. The minimum atomic E-state index is -1.74. The molecule has 26 heavy (non-hydrogen) atoms. The van der Waals surface area contributed by atoms with Gasteiger partial charge >= 0.3 is 0 Å². The Morgan fingerprint density at radius 1 is 0.923 bits per heavy atom. The molecule has 0 aromatic heterocycles. The summed E-state index contributed by atoms with van der Waals surface area (Å²) in [6.45, 7) is 17.0. The minimum Gasteiger partial charge on any atom is -0.0741 e. The van der Waals surface area contributed by atoms with Crippen molar-refractivity contribution in [1.29, 1.82) is 0 Å². The molecule has 4 rings (SSSR count). The molecule has 2 aromatic rings. The van der Waals surface area contributed by atoms with Gasteiger partial charge in [0.2, 0.25) is 0 Å². The molecule has 2 aliphatic carbocycles. The van der Waals surface area contributed by atoms with Gasteiger partial charge in [-0.05, 0) is 55.2 Å². The lowest BCUT2D eigenvalue weighted by molar-refractivity contribution is 0.816. The molecule has 0 radical (unpaired) electrons. The van der Waals surface area contributed by atoms with Crippen molar-refractivity contribution in [2.45, 2.75) is 58.3 Å². The van der Waals surface area contributed by atoms with Crippen LogP contribution in [0.4, 0.5) is 0 Å². The van der Waals surface area contributed by atoms with Gasteiger partial charge in [-0.1, -0.05) is 85.3 Å². The summed E-state index contributed by atoms with van der Waals surface area (Å²) in [5.41, 5.74) is 9.72. The van der Waals surface area contributed by atoms with Crippen molar-refractivity contribution in [3.8, 4) is 0 Å². The molecule has 0 heterocycles. The molecule has 0 N–H and O–H groups in total. The first-order chi connectivity index (χ1) is 12.2. The normalized spacial score (nSPS) is 25.6. The number of allylic oxidation sites excluding steroid dienone is 5. The van der Waals surface area contributed by atoms with E-state index in [1.54, 1.807) is 16.7 Å². The summed E-state index contributed by atoms with van der Waals surface area (Å²) in [6.07, 6.45) is 5.03. The molecule has 2 atom stereocenters. The van der Waals surface area contributed by atoms with Gasteiger partial charge in [0.25, 0.3) is 0 Å². The van der Waals surface area contributed by atoms with Crippen LogP contribution in [0.3, 0.4) is 0 Å². The van der Waals surface area contributed by atoms with Crippen LogP contribution in [0.25, 0.3) is 16.8 Å². The Kier molecular flexibility index (Phi) is 3.76. The van der Waals surface area contributed by atoms with Crippen LogP contribution >= 0.6 is 0 Å². The molecule has 0 bridgehead atoms. The second-order valence-corrected chi connectivity index (χ2v) is 14.2. The van der Waals surface area contributed by atoms with Gasteiger partial charge in [-0.25, -0.2) is 0 Å². The van der Waals surface area contributed by atoms with E-state index in [4.69, 9.17) is 0 Å². The molecule has 0 aliphatic heterocycles. The first kappa shape index (κ1) is 17.5. The van der Waals surface area contributed by atoms with E-state index in [0.29, 0.717) is 5.54 Å². The lowest BCUT2D eigenvalue weighted by Gasteiger charge is -2.46. The number of hydrogen-bond acceptors (Lipinski definition) is 0. The van der Waals surface area contributed by atoms with Crippen molar-refractivity contribution in [3.05, 3.63) is 75.9 Å². The van der Waals surface area contributed by atoms with Crippen LogP contribution in [0.1, 0.15) is 51.3 Å². The van der Waals surface area contributed by atoms with E-state index in [1.165, 1.54) is 27.5 Å². The van der Waals surface area contributed by atoms with E-state index in [2.05, 4.69) is 96.3 Å². The molecule has 2 unspecified atom stereocenters. The quantitative estimate of drug-likeness (QED) is 0.484. The van der Waals surface area contributed by atoms with Crippen LogP contribution in [0, 0.1) is 0 Å². The molecule has 0 fully saturated rings. The van der Waals surface area contributed by atoms with E-state index < -0.39 is 8.07 Å². The van der Waals surface area contributed by atoms with Crippen LogP contribution in [0.15, 0.2) is 64.8 Å². The third-order valence-corrected chi connectivity index (χ3v) is 13.0. The lowest BCUT2D eigenvalue weighted by atomic mass is 9.99. The second kappa shape index (κ2) is 5.57. The van der Waals surface area contributed by atoms with E-state index >= 15 is 0 Å². The highest BCUT2D eigenvalue weighted by atomic mass is 28.3. The highest BCUT2D eigenvalue weighted by molar-refractivity contribution is 6.83. The monoisotopic (exact) mass is 358 g/mol. The maximum absolute atomic E-state index is 2.61. The van der Waals surface area contributed by atoms with E-state index in [-0.39, 0.29) is 5.04 Å². The molecule has 0 saturated carbocycles. The predicted octanol–water partition coefficient (Wildman–Crippen LogP) is 7.64. The number of benzene rings is 2. The highest BCUT2D eigenvalue weighted by Crippen LogP contribution is 2.60. The zero-order chi connectivity index (χ0) is 18.9. The van der Waals surface area contributed by atoms with Crippen molar-refractivity contribution in [1.82, 2.24) is 0 Å². The molecule has 1 heteroatoms. The Bertz CT molecular complexity index is 1020. The van der Waals surface area contributed by atoms with Gasteiger partial charge in [0.1, 0.15) is 0 Å². The molecule has 2 aliphatic rings. The third kappa shape index (κ3) is 2.13. The smallest absolute Gasteiger partial charge is 0.0741 e. The van der Waals surface area contributed by atoms with Gasteiger partial charge in [0, 0.05) is 10.6 Å². The van der Waals surface area contributed by atoms with Gasteiger partial charge < -0.3 is 0 Å². The zero-order valence-corrected chi connectivity index (χ0v) is 18.2. The van der Waals surface area contributed by atoms with Crippen LogP contribution in [0.2, 0.25) is 18.1 Å². The van der Waals surface area contributed by atoms with Gasteiger partial charge in [0.15, 0.2) is 0 Å². The summed E-state index contributed by atoms with van der Waals surface area (Å²) in [4.78, 5) is 0. The first-order valence-corrected chi connectivity index (χ1v) is 12.8. The van der Waals surface area contributed by atoms with E-state index in [0.717, 1.165) is 0 Å². The highest BCUT2D eigenvalue weighted by Gasteiger charge is 2.52. The minimum absolute atomic E-state index is 0.208. The Hall–Kier alpha value is -1.86. The molecule has 2 aromatic carbocycles. The summed E-state index contributed by atoms with van der Waals surface area (Å²) in [6, 6.07) is 13.5. The maximum atomic E-state index is 2.61. The van der Waals surface area contributed by atoms with Gasteiger partial charge in [-0.15, -0.1) is 0 Å². The van der Waals surface area contributed by atoms with Gasteiger partial charge in [-0.2, -0.15) is 0 Å². The number of fused-ring (bicyclic) bond motifs is 3. The van der Waals surface area contributed by atoms with Crippen LogP contribution in [-0.2, 0) is 0 Å². The maximum Gasteiger partial charge on any atom is 0.0749 e. The predicted molar refractivity (Wildman–Crippen MR) is 118 cm³/mol. The lowest BCUT2D eigenvalue weighted by Crippen LogP contribution is -2.46.